The molecule has 0 amide bonds. The lowest BCUT2D eigenvalue weighted by molar-refractivity contribution is -0.384. The fourth-order valence-electron chi connectivity index (χ4n) is 1.31. The Morgan fingerprint density at radius 1 is 1.50 bits per heavy atom. The maximum Gasteiger partial charge on any atom is 0.336 e. The van der Waals surface area contributed by atoms with Gasteiger partial charge >= 0.3 is 5.97 Å². The number of carbonyl (C=O) groups excluding carboxylic acids is 1. The van der Waals surface area contributed by atoms with E-state index in [4.69, 9.17) is 4.74 Å². The standard InChI is InChI=1S/C12H13NO5/c1-3-18-12(15)8(2)11(14)9-4-6-10(7-5-9)13(16)17/h4-7,11,14H,2-3H2,1H3/t11-/m1/s1. The van der Waals surface area contributed by atoms with Gasteiger partial charge < -0.3 is 9.84 Å². The first kappa shape index (κ1) is 13.9. The van der Waals surface area contributed by atoms with E-state index in [1.807, 2.05) is 0 Å². The summed E-state index contributed by atoms with van der Waals surface area (Å²) in [5, 5.41) is 20.3. The summed E-state index contributed by atoms with van der Waals surface area (Å²) < 4.78 is 4.70. The monoisotopic (exact) mass is 251 g/mol. The van der Waals surface area contributed by atoms with Crippen LogP contribution in [-0.4, -0.2) is 22.6 Å². The summed E-state index contributed by atoms with van der Waals surface area (Å²) in [7, 11) is 0. The first-order valence-corrected chi connectivity index (χ1v) is 5.25. The van der Waals surface area contributed by atoms with Gasteiger partial charge in [0.1, 0.15) is 6.10 Å². The second kappa shape index (κ2) is 5.92. The van der Waals surface area contributed by atoms with E-state index in [0.717, 1.165) is 0 Å². The number of carbonyl (C=O) groups is 1. The molecule has 0 heterocycles. The highest BCUT2D eigenvalue weighted by Gasteiger charge is 2.20. The van der Waals surface area contributed by atoms with Gasteiger partial charge in [-0.25, -0.2) is 4.79 Å². The Morgan fingerprint density at radius 3 is 2.50 bits per heavy atom. The molecule has 0 unspecified atom stereocenters. The van der Waals surface area contributed by atoms with E-state index in [2.05, 4.69) is 6.58 Å². The Bertz CT molecular complexity index is 466. The summed E-state index contributed by atoms with van der Waals surface area (Å²) in [6.45, 7) is 5.28. The largest absolute Gasteiger partial charge is 0.463 e. The van der Waals surface area contributed by atoms with Crippen LogP contribution >= 0.6 is 0 Å². The summed E-state index contributed by atoms with van der Waals surface area (Å²) in [6.07, 6.45) is -1.23. The van der Waals surface area contributed by atoms with E-state index in [0.29, 0.717) is 5.56 Å². The molecule has 0 aromatic heterocycles. The van der Waals surface area contributed by atoms with Crippen LogP contribution in [0.1, 0.15) is 18.6 Å². The quantitative estimate of drug-likeness (QED) is 0.372. The molecule has 6 heteroatoms. The highest BCUT2D eigenvalue weighted by molar-refractivity contribution is 5.89. The second-order valence-corrected chi connectivity index (χ2v) is 3.50. The second-order valence-electron chi connectivity index (χ2n) is 3.50. The molecule has 0 aliphatic heterocycles. The summed E-state index contributed by atoms with van der Waals surface area (Å²) in [6, 6.07) is 5.23. The van der Waals surface area contributed by atoms with Crippen molar-refractivity contribution in [3.63, 3.8) is 0 Å². The predicted molar refractivity (Wildman–Crippen MR) is 63.8 cm³/mol. The van der Waals surface area contributed by atoms with Gasteiger partial charge in [0.05, 0.1) is 17.1 Å². The van der Waals surface area contributed by atoms with Crippen LogP contribution in [0.2, 0.25) is 0 Å². The van der Waals surface area contributed by atoms with Crippen LogP contribution in [0.4, 0.5) is 5.69 Å². The van der Waals surface area contributed by atoms with Crippen molar-refractivity contribution in [2.24, 2.45) is 0 Å². The van der Waals surface area contributed by atoms with Crippen molar-refractivity contribution in [2.75, 3.05) is 6.61 Å². The van der Waals surface area contributed by atoms with Gasteiger partial charge in [-0.05, 0) is 24.6 Å². The minimum atomic E-state index is -1.23. The van der Waals surface area contributed by atoms with Gasteiger partial charge in [-0.3, -0.25) is 10.1 Å². The molecule has 6 nitrogen and oxygen atoms in total. The fraction of sp³-hybridized carbons (Fsp3) is 0.250. The molecule has 0 aliphatic rings. The molecule has 0 aliphatic carbocycles. The maximum atomic E-state index is 11.3. The van der Waals surface area contributed by atoms with Gasteiger partial charge in [0.2, 0.25) is 0 Å². The number of non-ortho nitro benzene ring substituents is 1. The smallest absolute Gasteiger partial charge is 0.336 e. The molecule has 18 heavy (non-hydrogen) atoms. The van der Waals surface area contributed by atoms with Crippen molar-refractivity contribution in [2.45, 2.75) is 13.0 Å². The fourth-order valence-corrected chi connectivity index (χ4v) is 1.31. The topological polar surface area (TPSA) is 89.7 Å². The van der Waals surface area contributed by atoms with E-state index in [9.17, 15) is 20.0 Å². The average molecular weight is 251 g/mol. The summed E-state index contributed by atoms with van der Waals surface area (Å²) in [4.78, 5) is 21.3. The maximum absolute atomic E-state index is 11.3. The molecule has 0 spiro atoms. The average Bonchev–Trinajstić information content (AvgIpc) is 2.37. The number of aliphatic hydroxyl groups excluding tert-OH is 1. The van der Waals surface area contributed by atoms with Crippen molar-refractivity contribution in [3.8, 4) is 0 Å². The third kappa shape index (κ3) is 3.14. The molecule has 0 bridgehead atoms. The Morgan fingerprint density at radius 2 is 2.06 bits per heavy atom. The Hall–Kier alpha value is -2.21. The van der Waals surface area contributed by atoms with Crippen molar-refractivity contribution in [1.82, 2.24) is 0 Å². The normalized spacial score (nSPS) is 11.7. The van der Waals surface area contributed by atoms with Crippen molar-refractivity contribution >= 4 is 11.7 Å². The number of nitrogens with zero attached hydrogens (tertiary/aromatic N) is 1. The zero-order valence-electron chi connectivity index (χ0n) is 9.83. The van der Waals surface area contributed by atoms with Crippen molar-refractivity contribution < 1.29 is 19.6 Å². The van der Waals surface area contributed by atoms with Crippen molar-refractivity contribution in [3.05, 3.63) is 52.1 Å². The molecule has 1 N–H and O–H groups in total. The van der Waals surface area contributed by atoms with Gasteiger partial charge in [-0.1, -0.05) is 6.58 Å². The van der Waals surface area contributed by atoms with Gasteiger partial charge in [-0.2, -0.15) is 0 Å². The van der Waals surface area contributed by atoms with Crippen LogP contribution in [0.15, 0.2) is 36.4 Å². The Labute approximate surface area is 104 Å². The number of ether oxygens (including phenoxy) is 1. The summed E-state index contributed by atoms with van der Waals surface area (Å²) >= 11 is 0. The molecule has 0 fully saturated rings. The summed E-state index contributed by atoms with van der Waals surface area (Å²) in [5.74, 6) is -0.691. The number of benzene rings is 1. The minimum absolute atomic E-state index is 0.0901. The van der Waals surface area contributed by atoms with E-state index in [-0.39, 0.29) is 17.9 Å². The molecule has 1 aromatic carbocycles. The first-order chi connectivity index (χ1) is 8.47. The van der Waals surface area contributed by atoms with Crippen LogP contribution in [0.25, 0.3) is 0 Å². The molecule has 1 aromatic rings. The number of nitro groups is 1. The summed E-state index contributed by atoms with van der Waals surface area (Å²) in [5.41, 5.74) is 0.150. The third-order valence-electron chi connectivity index (χ3n) is 2.29. The number of rotatable bonds is 5. The van der Waals surface area contributed by atoms with Gasteiger partial charge in [0.25, 0.3) is 5.69 Å². The van der Waals surface area contributed by atoms with E-state index in [1.165, 1.54) is 24.3 Å². The van der Waals surface area contributed by atoms with E-state index < -0.39 is 17.0 Å². The van der Waals surface area contributed by atoms with Crippen LogP contribution in [-0.2, 0) is 9.53 Å². The molecular weight excluding hydrogens is 238 g/mol. The van der Waals surface area contributed by atoms with E-state index in [1.54, 1.807) is 6.92 Å². The van der Waals surface area contributed by atoms with Crippen LogP contribution in [0.3, 0.4) is 0 Å². The third-order valence-corrected chi connectivity index (χ3v) is 2.29. The van der Waals surface area contributed by atoms with Crippen LogP contribution < -0.4 is 0 Å². The van der Waals surface area contributed by atoms with Gasteiger partial charge in [-0.15, -0.1) is 0 Å². The van der Waals surface area contributed by atoms with Crippen LogP contribution in [0.5, 0.6) is 0 Å². The molecular formula is C12H13NO5. The Kier molecular flexibility index (Phi) is 4.56. The lowest BCUT2D eigenvalue weighted by Gasteiger charge is -2.12. The molecule has 1 rings (SSSR count). The van der Waals surface area contributed by atoms with Gasteiger partial charge in [0, 0.05) is 12.1 Å². The minimum Gasteiger partial charge on any atom is -0.463 e. The Balaban J connectivity index is 2.84. The number of esters is 1. The van der Waals surface area contributed by atoms with Crippen molar-refractivity contribution in [1.29, 1.82) is 0 Å². The van der Waals surface area contributed by atoms with Gasteiger partial charge in [0.15, 0.2) is 0 Å². The number of nitro benzene ring substituents is 1. The number of hydrogen-bond acceptors (Lipinski definition) is 5. The zero-order valence-corrected chi connectivity index (χ0v) is 9.83. The molecule has 0 saturated heterocycles. The van der Waals surface area contributed by atoms with Crippen LogP contribution in [0, 0.1) is 10.1 Å². The zero-order chi connectivity index (χ0) is 13.7. The lowest BCUT2D eigenvalue weighted by atomic mass is 10.0. The van der Waals surface area contributed by atoms with E-state index >= 15 is 0 Å². The molecule has 96 valence electrons. The molecule has 0 radical (unpaired) electrons. The predicted octanol–water partition coefficient (Wildman–Crippen LogP) is 1.75. The SMILES string of the molecule is C=C(C(=O)OCC)[C@@H](O)c1ccc([N+](=O)[O-])cc1. The first-order valence-electron chi connectivity index (χ1n) is 5.25. The highest BCUT2D eigenvalue weighted by atomic mass is 16.6. The molecule has 0 saturated carbocycles. The lowest BCUT2D eigenvalue weighted by Crippen LogP contribution is -2.13. The number of hydrogen-bond donors (Lipinski definition) is 1. The highest BCUT2D eigenvalue weighted by Crippen LogP contribution is 2.23. The number of aliphatic hydroxyl groups is 1. The molecule has 1 atom stereocenters.